The van der Waals surface area contributed by atoms with Crippen LogP contribution in [0.2, 0.25) is 0 Å². The van der Waals surface area contributed by atoms with Crippen molar-refractivity contribution in [3.63, 3.8) is 0 Å². The summed E-state index contributed by atoms with van der Waals surface area (Å²) in [6.45, 7) is 2.53. The molecular weight excluding hydrogens is 302 g/mol. The number of hydrogen-bond donors (Lipinski definition) is 1. The van der Waals surface area contributed by atoms with Crippen LogP contribution in [0.3, 0.4) is 0 Å². The van der Waals surface area contributed by atoms with Gasteiger partial charge in [-0.1, -0.05) is 12.1 Å². The van der Waals surface area contributed by atoms with Crippen molar-refractivity contribution in [2.24, 2.45) is 5.10 Å². The molecule has 1 N–H and O–H groups in total. The molecule has 6 nitrogen and oxygen atoms in total. The zero-order valence-corrected chi connectivity index (χ0v) is 13.2. The highest BCUT2D eigenvalue weighted by atomic mass is 32.1. The summed E-state index contributed by atoms with van der Waals surface area (Å²) in [7, 11) is 1.36. The van der Waals surface area contributed by atoms with Gasteiger partial charge in [0, 0.05) is 10.9 Å². The number of thiazole rings is 1. The van der Waals surface area contributed by atoms with Gasteiger partial charge in [0.25, 0.3) is 0 Å². The molecule has 0 fully saturated rings. The molecule has 0 radical (unpaired) electrons. The highest BCUT2D eigenvalue weighted by molar-refractivity contribution is 7.13. The molecule has 7 heteroatoms. The Morgan fingerprint density at radius 2 is 2.27 bits per heavy atom. The van der Waals surface area contributed by atoms with Gasteiger partial charge in [-0.3, -0.25) is 10.2 Å². The van der Waals surface area contributed by atoms with Gasteiger partial charge in [-0.15, -0.1) is 11.3 Å². The number of aromatic nitrogens is 1. The summed E-state index contributed by atoms with van der Waals surface area (Å²) in [6, 6.07) is 7.64. The van der Waals surface area contributed by atoms with Crippen molar-refractivity contribution in [1.29, 1.82) is 0 Å². The Bertz CT molecular complexity index is 655. The number of carbonyl (C=O) groups is 1. The van der Waals surface area contributed by atoms with Crippen LogP contribution in [-0.4, -0.2) is 30.9 Å². The summed E-state index contributed by atoms with van der Waals surface area (Å²) in [6.07, 6.45) is 1.83. The third-order valence-corrected chi connectivity index (χ3v) is 3.48. The van der Waals surface area contributed by atoms with Crippen LogP contribution in [0.4, 0.5) is 5.13 Å². The summed E-state index contributed by atoms with van der Waals surface area (Å²) >= 11 is 1.38. The van der Waals surface area contributed by atoms with E-state index in [1.165, 1.54) is 18.4 Å². The Balaban J connectivity index is 1.96. The number of rotatable bonds is 7. The first kappa shape index (κ1) is 16.0. The van der Waals surface area contributed by atoms with E-state index in [4.69, 9.17) is 4.74 Å². The van der Waals surface area contributed by atoms with Gasteiger partial charge in [-0.05, 0) is 19.1 Å². The van der Waals surface area contributed by atoms with Gasteiger partial charge < -0.3 is 9.47 Å². The largest absolute Gasteiger partial charge is 0.493 e. The van der Waals surface area contributed by atoms with Gasteiger partial charge in [0.1, 0.15) is 5.75 Å². The SMILES string of the molecule is CCOc1ccccc1/C=N\Nc1nc(CC(=O)OC)cs1. The molecule has 2 rings (SSSR count). The first-order chi connectivity index (χ1) is 10.7. The van der Waals surface area contributed by atoms with Crippen LogP contribution < -0.4 is 10.2 Å². The van der Waals surface area contributed by atoms with Crippen molar-refractivity contribution >= 4 is 28.7 Å². The summed E-state index contributed by atoms with van der Waals surface area (Å²) in [4.78, 5) is 15.4. The summed E-state index contributed by atoms with van der Waals surface area (Å²) < 4.78 is 10.1. The number of hydrazone groups is 1. The van der Waals surface area contributed by atoms with Crippen LogP contribution in [0.5, 0.6) is 5.75 Å². The Labute approximate surface area is 132 Å². The van der Waals surface area contributed by atoms with Crippen molar-refractivity contribution < 1.29 is 14.3 Å². The smallest absolute Gasteiger partial charge is 0.311 e. The maximum atomic E-state index is 11.2. The second kappa shape index (κ2) is 8.14. The fourth-order valence-electron chi connectivity index (χ4n) is 1.69. The normalized spacial score (nSPS) is 10.6. The number of hydrogen-bond acceptors (Lipinski definition) is 7. The van der Waals surface area contributed by atoms with Crippen molar-refractivity contribution in [2.75, 3.05) is 19.1 Å². The maximum absolute atomic E-state index is 11.2. The molecule has 0 aliphatic carbocycles. The first-order valence-corrected chi connectivity index (χ1v) is 7.63. The molecule has 0 saturated carbocycles. The Morgan fingerprint density at radius 1 is 1.45 bits per heavy atom. The van der Waals surface area contributed by atoms with Crippen molar-refractivity contribution in [1.82, 2.24) is 4.98 Å². The lowest BCUT2D eigenvalue weighted by molar-refractivity contribution is -0.139. The highest BCUT2D eigenvalue weighted by Crippen LogP contribution is 2.17. The van der Waals surface area contributed by atoms with E-state index in [1.807, 2.05) is 31.2 Å². The number of carbonyl (C=O) groups excluding carboxylic acids is 1. The number of methoxy groups -OCH3 is 1. The van der Waals surface area contributed by atoms with Gasteiger partial charge in [-0.25, -0.2) is 4.98 Å². The number of ether oxygens (including phenoxy) is 2. The molecule has 0 saturated heterocycles. The lowest BCUT2D eigenvalue weighted by atomic mass is 10.2. The molecule has 0 spiro atoms. The van der Waals surface area contributed by atoms with Gasteiger partial charge in [-0.2, -0.15) is 5.10 Å². The van der Waals surface area contributed by atoms with Crippen LogP contribution in [-0.2, 0) is 16.0 Å². The van der Waals surface area contributed by atoms with Crippen molar-refractivity contribution in [3.8, 4) is 5.75 Å². The zero-order valence-electron chi connectivity index (χ0n) is 12.4. The Hall–Kier alpha value is -2.41. The van der Waals surface area contributed by atoms with Gasteiger partial charge in [0.05, 0.1) is 32.0 Å². The standard InChI is InChI=1S/C15H17N3O3S/c1-3-21-13-7-5-4-6-11(13)9-16-18-15-17-12(10-22-15)8-14(19)20-2/h4-7,9-10H,3,8H2,1-2H3,(H,17,18)/b16-9-. The molecule has 0 bridgehead atoms. The van der Waals surface area contributed by atoms with E-state index in [9.17, 15) is 4.79 Å². The fraction of sp³-hybridized carbons (Fsp3) is 0.267. The molecule has 0 aliphatic rings. The predicted molar refractivity (Wildman–Crippen MR) is 86.7 cm³/mol. The van der Waals surface area contributed by atoms with Crippen molar-refractivity contribution in [3.05, 3.63) is 40.9 Å². The first-order valence-electron chi connectivity index (χ1n) is 6.75. The molecule has 0 aliphatic heterocycles. The molecule has 22 heavy (non-hydrogen) atoms. The van der Waals surface area contributed by atoms with Crippen LogP contribution in [0, 0.1) is 0 Å². The van der Waals surface area contributed by atoms with Gasteiger partial charge >= 0.3 is 5.97 Å². The minimum Gasteiger partial charge on any atom is -0.493 e. The molecule has 0 unspecified atom stereocenters. The molecule has 116 valence electrons. The van der Waals surface area contributed by atoms with E-state index in [1.54, 1.807) is 11.6 Å². The predicted octanol–water partition coefficient (Wildman–Crippen LogP) is 2.70. The van der Waals surface area contributed by atoms with E-state index in [0.717, 1.165) is 11.3 Å². The number of esters is 1. The van der Waals surface area contributed by atoms with E-state index < -0.39 is 0 Å². The van der Waals surface area contributed by atoms with E-state index in [2.05, 4.69) is 20.2 Å². The molecule has 2 aromatic rings. The van der Waals surface area contributed by atoms with Gasteiger partial charge in [0.2, 0.25) is 5.13 Å². The average molecular weight is 319 g/mol. The van der Waals surface area contributed by atoms with Crippen LogP contribution in [0.1, 0.15) is 18.2 Å². The summed E-state index contributed by atoms with van der Waals surface area (Å²) in [5, 5.41) is 6.55. The van der Waals surface area contributed by atoms with E-state index in [-0.39, 0.29) is 12.4 Å². The molecule has 1 aromatic carbocycles. The fourth-order valence-corrected chi connectivity index (χ4v) is 2.35. The monoisotopic (exact) mass is 319 g/mol. The lowest BCUT2D eigenvalue weighted by Gasteiger charge is -2.05. The summed E-state index contributed by atoms with van der Waals surface area (Å²) in [5.74, 6) is 0.465. The highest BCUT2D eigenvalue weighted by Gasteiger charge is 2.07. The number of benzene rings is 1. The molecular formula is C15H17N3O3S. The summed E-state index contributed by atoms with van der Waals surface area (Å²) in [5.41, 5.74) is 4.38. The van der Waals surface area contributed by atoms with Crippen LogP contribution >= 0.6 is 11.3 Å². The quantitative estimate of drug-likeness (QED) is 0.482. The third kappa shape index (κ3) is 4.56. The Morgan fingerprint density at radius 3 is 3.05 bits per heavy atom. The minimum absolute atomic E-state index is 0.158. The molecule has 1 aromatic heterocycles. The number of para-hydroxylation sites is 1. The second-order valence-corrected chi connectivity index (χ2v) is 5.10. The van der Waals surface area contributed by atoms with Gasteiger partial charge in [0.15, 0.2) is 0 Å². The van der Waals surface area contributed by atoms with E-state index >= 15 is 0 Å². The number of nitrogens with zero attached hydrogens (tertiary/aromatic N) is 2. The van der Waals surface area contributed by atoms with E-state index in [0.29, 0.717) is 17.4 Å². The molecule has 0 atom stereocenters. The maximum Gasteiger partial charge on any atom is 0.311 e. The molecule has 0 amide bonds. The average Bonchev–Trinajstić information content (AvgIpc) is 2.96. The Kier molecular flexibility index (Phi) is 5.91. The molecule has 1 heterocycles. The minimum atomic E-state index is -0.314. The van der Waals surface area contributed by atoms with Crippen LogP contribution in [0.15, 0.2) is 34.7 Å². The third-order valence-electron chi connectivity index (χ3n) is 2.69. The van der Waals surface area contributed by atoms with Crippen LogP contribution in [0.25, 0.3) is 0 Å². The lowest BCUT2D eigenvalue weighted by Crippen LogP contribution is -2.04. The number of anilines is 1. The number of nitrogens with one attached hydrogen (secondary N) is 1. The van der Waals surface area contributed by atoms with Crippen molar-refractivity contribution in [2.45, 2.75) is 13.3 Å². The zero-order chi connectivity index (χ0) is 15.8. The second-order valence-electron chi connectivity index (χ2n) is 4.24. The topological polar surface area (TPSA) is 72.8 Å².